The molecule has 1 aromatic carbocycles. The lowest BCUT2D eigenvalue weighted by Gasteiger charge is -2.21. The van der Waals surface area contributed by atoms with Gasteiger partial charge in [-0.2, -0.15) is 11.8 Å². The van der Waals surface area contributed by atoms with Gasteiger partial charge in [0.1, 0.15) is 0 Å². The zero-order valence-corrected chi connectivity index (χ0v) is 13.7. The molecule has 3 rings (SSSR count). The average Bonchev–Trinajstić information content (AvgIpc) is 2.59. The van der Waals surface area contributed by atoms with Gasteiger partial charge in [0.25, 0.3) is 5.56 Å². The summed E-state index contributed by atoms with van der Waals surface area (Å²) >= 11 is 1.93. The summed E-state index contributed by atoms with van der Waals surface area (Å²) in [6, 6.07) is 9.21. The van der Waals surface area contributed by atoms with E-state index >= 15 is 0 Å². The minimum Gasteiger partial charge on any atom is -0.337 e. The second-order valence-electron chi connectivity index (χ2n) is 5.76. The fraction of sp³-hybridized carbons (Fsp3) is 0.412. The highest BCUT2D eigenvalue weighted by Gasteiger charge is 2.14. The number of fused-ring (bicyclic) bond motifs is 1. The zero-order chi connectivity index (χ0) is 16.1. The lowest BCUT2D eigenvalue weighted by atomic mass is 10.1. The molecule has 0 spiro atoms. The van der Waals surface area contributed by atoms with E-state index in [-0.39, 0.29) is 18.1 Å². The van der Waals surface area contributed by atoms with E-state index in [2.05, 4.69) is 15.6 Å². The van der Waals surface area contributed by atoms with Crippen LogP contribution in [0, 0.1) is 0 Å². The Kier molecular flexibility index (Phi) is 5.23. The van der Waals surface area contributed by atoms with Crippen LogP contribution in [0.2, 0.25) is 0 Å². The summed E-state index contributed by atoms with van der Waals surface area (Å²) in [5.41, 5.74) is 1.21. The Morgan fingerprint density at radius 3 is 2.96 bits per heavy atom. The number of para-hydroxylation sites is 1. The first-order valence-corrected chi connectivity index (χ1v) is 9.01. The van der Waals surface area contributed by atoms with Crippen LogP contribution in [0.3, 0.4) is 0 Å². The third-order valence-corrected chi connectivity index (χ3v) is 5.43. The number of hydrogen-bond donors (Lipinski definition) is 3. The molecule has 0 aliphatic carbocycles. The summed E-state index contributed by atoms with van der Waals surface area (Å²) in [5, 5.41) is 7.13. The predicted octanol–water partition coefficient (Wildman–Crippen LogP) is 2.61. The van der Waals surface area contributed by atoms with Gasteiger partial charge in [0.2, 0.25) is 0 Å². The predicted molar refractivity (Wildman–Crippen MR) is 94.9 cm³/mol. The van der Waals surface area contributed by atoms with E-state index in [1.165, 1.54) is 18.6 Å². The lowest BCUT2D eigenvalue weighted by Crippen LogP contribution is -2.39. The van der Waals surface area contributed by atoms with Gasteiger partial charge in [-0.3, -0.25) is 4.79 Å². The monoisotopic (exact) mass is 331 g/mol. The highest BCUT2D eigenvalue weighted by Crippen LogP contribution is 2.24. The highest BCUT2D eigenvalue weighted by atomic mass is 32.2. The molecule has 0 saturated carbocycles. The topological polar surface area (TPSA) is 74.0 Å². The van der Waals surface area contributed by atoms with Crippen LogP contribution in [-0.4, -0.2) is 28.6 Å². The lowest BCUT2D eigenvalue weighted by molar-refractivity contribution is 0.240. The molecule has 0 radical (unpaired) electrons. The first-order valence-electron chi connectivity index (χ1n) is 7.96. The van der Waals surface area contributed by atoms with Gasteiger partial charge in [-0.15, -0.1) is 0 Å². The van der Waals surface area contributed by atoms with Crippen molar-refractivity contribution in [3.8, 4) is 0 Å². The fourth-order valence-corrected chi connectivity index (χ4v) is 3.98. The molecule has 1 fully saturated rings. The van der Waals surface area contributed by atoms with Crippen LogP contribution in [0.4, 0.5) is 4.79 Å². The number of thioether (sulfide) groups is 1. The van der Waals surface area contributed by atoms with Gasteiger partial charge in [0.15, 0.2) is 0 Å². The molecule has 5 nitrogen and oxygen atoms in total. The highest BCUT2D eigenvalue weighted by molar-refractivity contribution is 7.99. The fourth-order valence-electron chi connectivity index (χ4n) is 2.74. The van der Waals surface area contributed by atoms with Gasteiger partial charge in [-0.05, 0) is 36.1 Å². The molecule has 1 aliphatic rings. The Bertz CT molecular complexity index is 738. The number of amides is 2. The Hall–Kier alpha value is -1.95. The Morgan fingerprint density at radius 1 is 1.26 bits per heavy atom. The van der Waals surface area contributed by atoms with Crippen LogP contribution in [-0.2, 0) is 6.54 Å². The van der Waals surface area contributed by atoms with Crippen LogP contribution in [0.1, 0.15) is 24.8 Å². The van der Waals surface area contributed by atoms with Crippen molar-refractivity contribution in [1.29, 1.82) is 0 Å². The molecule has 23 heavy (non-hydrogen) atoms. The maximum Gasteiger partial charge on any atom is 0.315 e. The van der Waals surface area contributed by atoms with Crippen molar-refractivity contribution in [2.45, 2.75) is 31.1 Å². The minimum atomic E-state index is -0.219. The summed E-state index contributed by atoms with van der Waals surface area (Å²) in [6.45, 7) is 0.911. The molecule has 2 amide bonds. The van der Waals surface area contributed by atoms with Crippen molar-refractivity contribution < 1.29 is 4.79 Å². The quantitative estimate of drug-likeness (QED) is 0.806. The van der Waals surface area contributed by atoms with Gasteiger partial charge in [-0.25, -0.2) is 4.79 Å². The number of nitrogens with one attached hydrogen (secondary N) is 3. The van der Waals surface area contributed by atoms with Crippen molar-refractivity contribution in [3.63, 3.8) is 0 Å². The number of carbonyl (C=O) groups is 1. The van der Waals surface area contributed by atoms with E-state index < -0.39 is 0 Å². The third-order valence-electron chi connectivity index (χ3n) is 4.03. The Morgan fingerprint density at radius 2 is 2.13 bits per heavy atom. The van der Waals surface area contributed by atoms with E-state index in [0.29, 0.717) is 17.4 Å². The van der Waals surface area contributed by atoms with Crippen molar-refractivity contribution in [2.75, 3.05) is 12.3 Å². The molecule has 1 aromatic heterocycles. The molecule has 2 heterocycles. The Labute approximate surface area is 139 Å². The molecule has 1 aliphatic heterocycles. The largest absolute Gasteiger partial charge is 0.337 e. The van der Waals surface area contributed by atoms with E-state index in [0.717, 1.165) is 17.3 Å². The number of rotatable bonds is 4. The molecule has 1 saturated heterocycles. The molecule has 122 valence electrons. The van der Waals surface area contributed by atoms with Crippen LogP contribution in [0.25, 0.3) is 10.9 Å². The third kappa shape index (κ3) is 4.28. The number of hydrogen-bond acceptors (Lipinski definition) is 3. The van der Waals surface area contributed by atoms with Gasteiger partial charge in [0, 0.05) is 29.4 Å². The summed E-state index contributed by atoms with van der Waals surface area (Å²) in [7, 11) is 0. The van der Waals surface area contributed by atoms with E-state index in [1.54, 1.807) is 0 Å². The molecule has 3 N–H and O–H groups in total. The van der Waals surface area contributed by atoms with E-state index in [1.807, 2.05) is 42.1 Å². The number of pyridine rings is 1. The van der Waals surface area contributed by atoms with Crippen molar-refractivity contribution >= 4 is 28.7 Å². The molecule has 1 atom stereocenters. The molecule has 1 unspecified atom stereocenters. The summed E-state index contributed by atoms with van der Waals surface area (Å²) in [4.78, 5) is 26.7. The molecule has 2 aromatic rings. The Balaban J connectivity index is 1.54. The van der Waals surface area contributed by atoms with Crippen molar-refractivity contribution in [1.82, 2.24) is 15.6 Å². The molecular weight excluding hydrogens is 310 g/mol. The SMILES string of the molecule is O=C(NCc1cc2ccccc2[nH]c1=O)NCC1CCCCS1. The number of aromatic amines is 1. The van der Waals surface area contributed by atoms with Gasteiger partial charge in [-0.1, -0.05) is 24.6 Å². The number of aromatic nitrogens is 1. The van der Waals surface area contributed by atoms with Crippen molar-refractivity contribution in [3.05, 3.63) is 46.2 Å². The summed E-state index contributed by atoms with van der Waals surface area (Å²) < 4.78 is 0. The van der Waals surface area contributed by atoms with Crippen LogP contribution >= 0.6 is 11.8 Å². The molecular formula is C17H21N3O2S. The second-order valence-corrected chi connectivity index (χ2v) is 7.17. The number of urea groups is 1. The standard InChI is InChI=1S/C17H21N3O2S/c21-16-13(9-12-5-1-2-7-15(12)20-16)10-18-17(22)19-11-14-6-3-4-8-23-14/h1-2,5,7,9,14H,3-4,6,8,10-11H2,(H,20,21)(H2,18,19,22). The maximum atomic E-state index is 12.0. The summed E-state index contributed by atoms with van der Waals surface area (Å²) in [6.07, 6.45) is 3.68. The normalized spacial score (nSPS) is 17.8. The van der Waals surface area contributed by atoms with Gasteiger partial charge < -0.3 is 15.6 Å². The second kappa shape index (κ2) is 7.55. The number of benzene rings is 1. The van der Waals surface area contributed by atoms with E-state index in [9.17, 15) is 9.59 Å². The molecule has 0 bridgehead atoms. The number of carbonyl (C=O) groups excluding carboxylic acids is 1. The van der Waals surface area contributed by atoms with Gasteiger partial charge in [0.05, 0.1) is 0 Å². The van der Waals surface area contributed by atoms with Gasteiger partial charge >= 0.3 is 6.03 Å². The van der Waals surface area contributed by atoms with E-state index in [4.69, 9.17) is 0 Å². The first kappa shape index (κ1) is 15.9. The molecule has 6 heteroatoms. The first-order chi connectivity index (χ1) is 11.2. The smallest absolute Gasteiger partial charge is 0.315 e. The number of H-pyrrole nitrogens is 1. The van der Waals surface area contributed by atoms with Crippen LogP contribution in [0.15, 0.2) is 35.1 Å². The summed E-state index contributed by atoms with van der Waals surface area (Å²) in [5.74, 6) is 1.18. The van der Waals surface area contributed by atoms with Crippen molar-refractivity contribution in [2.24, 2.45) is 0 Å². The average molecular weight is 331 g/mol. The minimum absolute atomic E-state index is 0.160. The maximum absolute atomic E-state index is 12.0. The van der Waals surface area contributed by atoms with Crippen LogP contribution < -0.4 is 16.2 Å². The zero-order valence-electron chi connectivity index (χ0n) is 12.9. The van der Waals surface area contributed by atoms with Crippen LogP contribution in [0.5, 0.6) is 0 Å².